The van der Waals surface area contributed by atoms with Crippen LogP contribution >= 0.6 is 23.5 Å². The van der Waals surface area contributed by atoms with Crippen LogP contribution in [-0.4, -0.2) is 70.6 Å². The molecule has 73 heavy (non-hydrogen) atoms. The second-order valence-electron chi connectivity index (χ2n) is 18.1. The highest BCUT2D eigenvalue weighted by Gasteiger charge is 2.40. The second kappa shape index (κ2) is 25.5. The smallest absolute Gasteiger partial charge is 0.309 e. The van der Waals surface area contributed by atoms with E-state index < -0.39 is 69.9 Å². The standard InChI is InChI=1S/C62H61N3O6S2/c1-45-59(69)65-55(44-73-62(50-33-17-6-18-34-50,51-35-19-7-20-36-51)52-37-21-8-22-38-52)60(70)64-54(41-46-25-9-2-10-26-46)56(66)43-58(68)71-53(42-57(67)63-45)39-23-24-40-72-61(47-27-11-3-12-28-47,48-29-13-4-14-30-48)49-31-15-5-16-32-49/h2-23,25-39,45,53-56,66H,24,40-44H2,1H3,(H,63,67)(H,64,70)(H,65,69)/b39-23+/t45-,53-,54-,55-,56+/m1/s1. The summed E-state index contributed by atoms with van der Waals surface area (Å²) in [7, 11) is 0. The Bertz CT molecular complexity index is 2690. The van der Waals surface area contributed by atoms with E-state index in [2.05, 4.69) is 125 Å². The maximum absolute atomic E-state index is 14.8. The quantitative estimate of drug-likeness (QED) is 0.0326. The summed E-state index contributed by atoms with van der Waals surface area (Å²) in [6, 6.07) is 67.6. The van der Waals surface area contributed by atoms with Gasteiger partial charge in [-0.1, -0.05) is 218 Å². The molecule has 5 atom stereocenters. The number of ether oxygens (including phenoxy) is 1. The predicted octanol–water partition coefficient (Wildman–Crippen LogP) is 10.2. The van der Waals surface area contributed by atoms with Gasteiger partial charge in [0.2, 0.25) is 17.7 Å². The minimum Gasteiger partial charge on any atom is -0.457 e. The van der Waals surface area contributed by atoms with Crippen molar-refractivity contribution in [3.63, 3.8) is 0 Å². The van der Waals surface area contributed by atoms with E-state index in [1.54, 1.807) is 24.8 Å². The summed E-state index contributed by atoms with van der Waals surface area (Å²) in [6.07, 6.45) is 1.23. The Hall–Kier alpha value is -7.18. The highest BCUT2D eigenvalue weighted by molar-refractivity contribution is 8.00. The topological polar surface area (TPSA) is 134 Å². The van der Waals surface area contributed by atoms with Crippen LogP contribution in [0.15, 0.2) is 224 Å². The number of aliphatic hydroxyl groups is 1. The zero-order chi connectivity index (χ0) is 50.9. The van der Waals surface area contributed by atoms with E-state index in [4.69, 9.17) is 4.74 Å². The first-order valence-electron chi connectivity index (χ1n) is 24.7. The Morgan fingerprint density at radius 3 is 1.38 bits per heavy atom. The van der Waals surface area contributed by atoms with Gasteiger partial charge in [-0.2, -0.15) is 0 Å². The molecule has 372 valence electrons. The van der Waals surface area contributed by atoms with Crippen molar-refractivity contribution >= 4 is 47.2 Å². The van der Waals surface area contributed by atoms with Gasteiger partial charge in [-0.3, -0.25) is 19.2 Å². The van der Waals surface area contributed by atoms with Crippen molar-refractivity contribution in [2.24, 2.45) is 0 Å². The maximum Gasteiger partial charge on any atom is 0.309 e. The molecule has 1 fully saturated rings. The number of aliphatic hydroxyl groups excluding tert-OH is 1. The normalized spacial score (nSPS) is 19.4. The molecule has 8 rings (SSSR count). The minimum absolute atomic E-state index is 0.0848. The summed E-state index contributed by atoms with van der Waals surface area (Å²) in [6.45, 7) is 1.56. The minimum atomic E-state index is -1.39. The first-order valence-corrected chi connectivity index (χ1v) is 26.7. The van der Waals surface area contributed by atoms with E-state index in [-0.39, 0.29) is 18.6 Å². The lowest BCUT2D eigenvalue weighted by Gasteiger charge is -2.37. The molecule has 1 saturated heterocycles. The molecule has 11 heteroatoms. The van der Waals surface area contributed by atoms with Crippen LogP contribution in [0.3, 0.4) is 0 Å². The van der Waals surface area contributed by atoms with Gasteiger partial charge in [0, 0.05) is 5.75 Å². The maximum atomic E-state index is 14.8. The van der Waals surface area contributed by atoms with Crippen LogP contribution in [0.2, 0.25) is 0 Å². The molecule has 1 heterocycles. The van der Waals surface area contributed by atoms with Crippen LogP contribution in [0.5, 0.6) is 0 Å². The molecule has 0 bridgehead atoms. The molecule has 1 aliphatic heterocycles. The van der Waals surface area contributed by atoms with Crippen LogP contribution in [0.1, 0.15) is 65.1 Å². The number of thioether (sulfide) groups is 2. The number of rotatable bonds is 16. The van der Waals surface area contributed by atoms with Crippen molar-refractivity contribution in [1.82, 2.24) is 16.0 Å². The Morgan fingerprint density at radius 2 is 0.945 bits per heavy atom. The van der Waals surface area contributed by atoms with Gasteiger partial charge in [0.15, 0.2) is 0 Å². The molecule has 0 aliphatic carbocycles. The first kappa shape index (κ1) is 52.2. The molecule has 7 aromatic rings. The van der Waals surface area contributed by atoms with E-state index in [9.17, 15) is 24.3 Å². The third-order valence-electron chi connectivity index (χ3n) is 13.0. The number of hydrogen-bond acceptors (Lipinski definition) is 8. The number of esters is 1. The summed E-state index contributed by atoms with van der Waals surface area (Å²) in [5.74, 6) is -1.65. The largest absolute Gasteiger partial charge is 0.457 e. The van der Waals surface area contributed by atoms with Gasteiger partial charge in [-0.25, -0.2) is 0 Å². The lowest BCUT2D eigenvalue weighted by molar-refractivity contribution is -0.151. The highest BCUT2D eigenvalue weighted by Crippen LogP contribution is 2.50. The number of benzene rings is 7. The van der Waals surface area contributed by atoms with Gasteiger partial charge >= 0.3 is 5.97 Å². The Kier molecular flexibility index (Phi) is 18.2. The molecular weight excluding hydrogens is 947 g/mol. The number of amides is 3. The molecular formula is C62H61N3O6S2. The van der Waals surface area contributed by atoms with Gasteiger partial charge in [0.25, 0.3) is 0 Å². The molecule has 0 unspecified atom stereocenters. The molecule has 1 aliphatic rings. The van der Waals surface area contributed by atoms with Crippen LogP contribution < -0.4 is 16.0 Å². The average molecular weight is 1010 g/mol. The molecule has 0 radical (unpaired) electrons. The van der Waals surface area contributed by atoms with Crippen LogP contribution in [-0.2, 0) is 39.8 Å². The lowest BCUT2D eigenvalue weighted by atomic mass is 9.84. The third kappa shape index (κ3) is 13.1. The van der Waals surface area contributed by atoms with Gasteiger partial charge in [-0.15, -0.1) is 23.5 Å². The summed E-state index contributed by atoms with van der Waals surface area (Å²) in [4.78, 5) is 56.7. The number of carbonyl (C=O) groups excluding carboxylic acids is 4. The summed E-state index contributed by atoms with van der Waals surface area (Å²) in [5, 5.41) is 20.7. The fourth-order valence-corrected chi connectivity index (χ4v) is 12.4. The predicted molar refractivity (Wildman–Crippen MR) is 294 cm³/mol. The van der Waals surface area contributed by atoms with Gasteiger partial charge in [0.1, 0.15) is 18.2 Å². The Labute approximate surface area is 437 Å². The van der Waals surface area contributed by atoms with Crippen molar-refractivity contribution in [1.29, 1.82) is 0 Å². The molecule has 9 nitrogen and oxygen atoms in total. The van der Waals surface area contributed by atoms with Crippen molar-refractivity contribution < 1.29 is 29.0 Å². The molecule has 0 aromatic heterocycles. The number of cyclic esters (lactones) is 1. The average Bonchev–Trinajstić information content (AvgIpc) is 3.43. The van der Waals surface area contributed by atoms with Crippen LogP contribution in [0, 0.1) is 0 Å². The van der Waals surface area contributed by atoms with Crippen molar-refractivity contribution in [2.45, 2.75) is 72.4 Å². The van der Waals surface area contributed by atoms with Gasteiger partial charge in [0.05, 0.1) is 34.5 Å². The van der Waals surface area contributed by atoms with Crippen molar-refractivity contribution in [2.75, 3.05) is 11.5 Å². The molecule has 0 spiro atoms. The fraction of sp³-hybridized carbons (Fsp3) is 0.226. The van der Waals surface area contributed by atoms with E-state index >= 15 is 0 Å². The number of hydrogen-bond donors (Lipinski definition) is 4. The number of carbonyl (C=O) groups is 4. The van der Waals surface area contributed by atoms with Gasteiger partial charge in [-0.05, 0) is 70.5 Å². The van der Waals surface area contributed by atoms with E-state index in [1.165, 1.54) is 11.8 Å². The first-order chi connectivity index (χ1) is 35.7. The van der Waals surface area contributed by atoms with Crippen molar-refractivity contribution in [3.05, 3.63) is 263 Å². The fourth-order valence-electron chi connectivity index (χ4n) is 9.42. The van der Waals surface area contributed by atoms with Crippen LogP contribution in [0.25, 0.3) is 0 Å². The van der Waals surface area contributed by atoms with E-state index in [0.29, 0.717) is 12.2 Å². The monoisotopic (exact) mass is 1010 g/mol. The molecule has 4 N–H and O–H groups in total. The van der Waals surface area contributed by atoms with E-state index in [0.717, 1.165) is 38.9 Å². The third-order valence-corrected chi connectivity index (χ3v) is 16.3. The van der Waals surface area contributed by atoms with Gasteiger partial charge < -0.3 is 25.8 Å². The zero-order valence-electron chi connectivity index (χ0n) is 40.8. The van der Waals surface area contributed by atoms with E-state index in [1.807, 2.05) is 109 Å². The Balaban J connectivity index is 1.06. The lowest BCUT2D eigenvalue weighted by Crippen LogP contribution is -2.57. The summed E-state index contributed by atoms with van der Waals surface area (Å²) < 4.78 is 4.61. The summed E-state index contributed by atoms with van der Waals surface area (Å²) in [5.41, 5.74) is 7.15. The Morgan fingerprint density at radius 1 is 0.534 bits per heavy atom. The highest BCUT2D eigenvalue weighted by atomic mass is 32.2. The number of nitrogens with one attached hydrogen (secondary N) is 3. The molecule has 7 aromatic carbocycles. The molecule has 3 amide bonds. The molecule has 0 saturated carbocycles. The van der Waals surface area contributed by atoms with Crippen LogP contribution in [0.4, 0.5) is 0 Å². The SMILES string of the molecule is C[C@H]1NC(=O)C[C@@H](/C=C/CCSC(c2ccccc2)(c2ccccc2)c2ccccc2)OC(=O)C[C@H](O)[C@@H](Cc2ccccc2)NC(=O)[C@@H](CSC(c2ccccc2)(c2ccccc2)c2ccccc2)NC1=O. The van der Waals surface area contributed by atoms with Crippen molar-refractivity contribution in [3.8, 4) is 0 Å². The number of allylic oxidation sites excluding steroid dienone is 1. The summed E-state index contributed by atoms with van der Waals surface area (Å²) >= 11 is 3.29. The second-order valence-corrected chi connectivity index (χ2v) is 20.6. The zero-order valence-corrected chi connectivity index (χ0v) is 42.4.